The summed E-state index contributed by atoms with van der Waals surface area (Å²) in [6.45, 7) is 7.32. The highest BCUT2D eigenvalue weighted by molar-refractivity contribution is 8.00. The number of carboxylic acids is 1. The Kier molecular flexibility index (Phi) is 23.7. The number of thioether (sulfide) groups is 1. The second-order valence-corrected chi connectivity index (χ2v) is 20.6. The summed E-state index contributed by atoms with van der Waals surface area (Å²) in [4.78, 5) is 112. The minimum atomic E-state index is -1.78. The van der Waals surface area contributed by atoms with Crippen LogP contribution in [0.1, 0.15) is 88.5 Å². The summed E-state index contributed by atoms with van der Waals surface area (Å²) in [5, 5.41) is 33.9. The number of aliphatic hydroxyl groups excluding tert-OH is 1. The van der Waals surface area contributed by atoms with Crippen LogP contribution >= 0.6 is 11.8 Å². The third-order valence-electron chi connectivity index (χ3n) is 13.7. The number of hydrogen-bond acceptors (Lipinski definition) is 13. The molecule has 1 aliphatic rings. The molecule has 78 heavy (non-hydrogen) atoms. The minimum Gasteiger partial charge on any atom is -0.494 e. The molecule has 1 fully saturated rings. The zero-order valence-electron chi connectivity index (χ0n) is 44.6. The van der Waals surface area contributed by atoms with Crippen molar-refractivity contribution in [3.8, 4) is 5.75 Å². The van der Waals surface area contributed by atoms with Crippen LogP contribution in [0.2, 0.25) is 0 Å². The molecule has 9 atom stereocenters. The molecule has 5 rings (SSSR count). The summed E-state index contributed by atoms with van der Waals surface area (Å²) in [5.74, 6) is -7.36. The predicted octanol–water partition coefficient (Wildman–Crippen LogP) is 2.22. The maximum absolute atomic E-state index is 15.2. The Morgan fingerprint density at radius 3 is 1.76 bits per heavy atom. The van der Waals surface area contributed by atoms with Gasteiger partial charge in [0.2, 0.25) is 41.4 Å². The minimum absolute atomic E-state index is 0.0521. The Hall–Kier alpha value is -7.33. The lowest BCUT2D eigenvalue weighted by Gasteiger charge is -2.37. The molecule has 1 aliphatic heterocycles. The van der Waals surface area contributed by atoms with Gasteiger partial charge < -0.3 is 63.6 Å². The lowest BCUT2D eigenvalue weighted by molar-refractivity contribution is -0.145. The molecule has 1 saturated heterocycles. The standard InChI is InChI=1S/C57H75N9O11S/c1-5-35(3)48(64-50(69)42(59)32-37-26-28-41(29-27-37)77-6-2)53(72)65-49(36(4)67)54(73)62-44(33-47(60)68)51(70)63-45(55(74)66-31-17-25-46(66)52(71)61-43(56(75)76)24-16-30-58)34-78-57(38-18-10-7-11-19-38,39-20-12-8-13-21-39)40-22-14-9-15-23-40/h7-15,18-23,26-29,35-36,42-46,48-49,67H,5-6,16-17,24-25,30-34,58-59H2,1-4H3,(H2,60,68)(H,61,71)(H,62,73)(H,63,70)(H,64,69)(H,65,72)(H,75,76)/t35-,36+,42+,43-,44-,45-,46-,48-,49-/m0/s1. The first-order valence-corrected chi connectivity index (χ1v) is 27.3. The van der Waals surface area contributed by atoms with Gasteiger partial charge in [0.1, 0.15) is 42.0 Å². The van der Waals surface area contributed by atoms with Crippen molar-refractivity contribution in [3.63, 3.8) is 0 Å². The first-order chi connectivity index (χ1) is 37.3. The number of nitrogens with one attached hydrogen (secondary N) is 5. The highest BCUT2D eigenvalue weighted by Gasteiger charge is 2.43. The Labute approximate surface area is 459 Å². The van der Waals surface area contributed by atoms with E-state index >= 15 is 4.79 Å². The van der Waals surface area contributed by atoms with Gasteiger partial charge in [0.05, 0.1) is 29.9 Å². The number of nitrogens with zero attached hydrogens (tertiary/aromatic N) is 1. The highest BCUT2D eigenvalue weighted by Crippen LogP contribution is 2.48. The molecule has 0 aromatic heterocycles. The SMILES string of the molecule is CCOc1ccc(C[C@@H](N)C(=O)N[C@H](C(=O)N[C@H](C(=O)N[C@@H](CC(N)=O)C(=O)N[C@@H](CSC(c2ccccc2)(c2ccccc2)c2ccccc2)C(=O)N2CCC[C@H]2C(=O)N[C@@H](CCCN)C(=O)O)[C@@H](C)O)[C@@H](C)CC)cc1. The molecule has 4 aromatic rings. The molecule has 4 aromatic carbocycles. The number of carbonyl (C=O) groups is 8. The van der Waals surface area contributed by atoms with Crippen LogP contribution in [0, 0.1) is 5.92 Å². The van der Waals surface area contributed by atoms with Gasteiger partial charge in [-0.3, -0.25) is 33.6 Å². The highest BCUT2D eigenvalue weighted by atomic mass is 32.2. The van der Waals surface area contributed by atoms with Crippen molar-refractivity contribution >= 4 is 59.1 Å². The molecule has 13 N–H and O–H groups in total. The molecule has 0 aliphatic carbocycles. The van der Waals surface area contributed by atoms with Gasteiger partial charge >= 0.3 is 5.97 Å². The van der Waals surface area contributed by atoms with Gasteiger partial charge in [0, 0.05) is 12.3 Å². The number of carboxylic acid groups (broad SMARTS) is 1. The normalized spacial score (nSPS) is 16.4. The van der Waals surface area contributed by atoms with Gasteiger partial charge in [-0.1, -0.05) is 123 Å². The fraction of sp³-hybridized carbons (Fsp3) is 0.439. The number of primary amides is 1. The first-order valence-electron chi connectivity index (χ1n) is 26.3. The molecular weight excluding hydrogens is 1020 g/mol. The molecule has 1 heterocycles. The number of nitrogens with two attached hydrogens (primary N) is 3. The van der Waals surface area contributed by atoms with E-state index in [9.17, 15) is 43.8 Å². The summed E-state index contributed by atoms with van der Waals surface area (Å²) in [7, 11) is 0. The largest absolute Gasteiger partial charge is 0.494 e. The van der Waals surface area contributed by atoms with Crippen LogP contribution in [0.5, 0.6) is 5.75 Å². The van der Waals surface area contributed by atoms with Gasteiger partial charge in [-0.25, -0.2) is 4.79 Å². The van der Waals surface area contributed by atoms with Crippen LogP contribution in [0.4, 0.5) is 0 Å². The number of likely N-dealkylation sites (tertiary alicyclic amines) is 1. The third kappa shape index (κ3) is 16.6. The van der Waals surface area contributed by atoms with Crippen molar-refractivity contribution in [2.45, 2.75) is 126 Å². The first kappa shape index (κ1) is 61.5. The third-order valence-corrected chi connectivity index (χ3v) is 15.3. The Morgan fingerprint density at radius 2 is 1.26 bits per heavy atom. The van der Waals surface area contributed by atoms with E-state index < -0.39 is 113 Å². The van der Waals surface area contributed by atoms with Gasteiger partial charge in [-0.05, 0) is 92.8 Å². The number of aliphatic hydroxyl groups is 1. The molecule has 21 heteroatoms. The number of hydrogen-bond donors (Lipinski definition) is 10. The second-order valence-electron chi connectivity index (χ2n) is 19.4. The van der Waals surface area contributed by atoms with Gasteiger partial charge in [-0.15, -0.1) is 11.8 Å². The summed E-state index contributed by atoms with van der Waals surface area (Å²) in [5.41, 5.74) is 20.8. The number of rotatable bonds is 30. The zero-order valence-corrected chi connectivity index (χ0v) is 45.4. The van der Waals surface area contributed by atoms with Crippen molar-refractivity contribution in [3.05, 3.63) is 138 Å². The van der Waals surface area contributed by atoms with Crippen LogP contribution in [0.25, 0.3) is 0 Å². The van der Waals surface area contributed by atoms with Gasteiger partial charge in [-0.2, -0.15) is 0 Å². The fourth-order valence-corrected chi connectivity index (χ4v) is 10.8. The average Bonchev–Trinajstić information content (AvgIpc) is 4.00. The number of ether oxygens (including phenoxy) is 1. The summed E-state index contributed by atoms with van der Waals surface area (Å²) in [6.07, 6.45) is -0.938. The number of benzene rings is 4. The van der Waals surface area contributed by atoms with E-state index in [0.29, 0.717) is 31.6 Å². The van der Waals surface area contributed by atoms with E-state index in [2.05, 4.69) is 26.6 Å². The van der Waals surface area contributed by atoms with Crippen molar-refractivity contribution in [2.24, 2.45) is 23.1 Å². The van der Waals surface area contributed by atoms with E-state index in [4.69, 9.17) is 21.9 Å². The van der Waals surface area contributed by atoms with Crippen molar-refractivity contribution < 1.29 is 53.3 Å². The summed E-state index contributed by atoms with van der Waals surface area (Å²) < 4.78 is 4.47. The van der Waals surface area contributed by atoms with Crippen molar-refractivity contribution in [1.82, 2.24) is 31.5 Å². The second kappa shape index (κ2) is 30.0. The number of carbonyl (C=O) groups excluding carboxylic acids is 7. The topological polar surface area (TPSA) is 328 Å². The molecule has 0 unspecified atom stereocenters. The van der Waals surface area contributed by atoms with E-state index in [1.54, 1.807) is 38.1 Å². The molecule has 420 valence electrons. The van der Waals surface area contributed by atoms with Gasteiger partial charge in [0.15, 0.2) is 0 Å². The Bertz CT molecular complexity index is 2540. The van der Waals surface area contributed by atoms with Crippen LogP contribution in [0.15, 0.2) is 115 Å². The quantitative estimate of drug-likeness (QED) is 0.0335. The number of aliphatic carboxylic acids is 1. The van der Waals surface area contributed by atoms with Crippen molar-refractivity contribution in [2.75, 3.05) is 25.4 Å². The van der Waals surface area contributed by atoms with E-state index in [1.165, 1.54) is 23.6 Å². The molecular formula is C57H75N9O11S. The molecule has 0 spiro atoms. The summed E-state index contributed by atoms with van der Waals surface area (Å²) >= 11 is 1.31. The molecule has 0 saturated carbocycles. The van der Waals surface area contributed by atoms with Crippen molar-refractivity contribution in [1.29, 1.82) is 0 Å². The molecule has 7 amide bonds. The predicted molar refractivity (Wildman–Crippen MR) is 296 cm³/mol. The van der Waals surface area contributed by atoms with Crippen LogP contribution < -0.4 is 48.5 Å². The fourth-order valence-electron chi connectivity index (χ4n) is 9.29. The van der Waals surface area contributed by atoms with Crippen LogP contribution in [-0.4, -0.2) is 136 Å². The average molecular weight is 1090 g/mol. The number of amides is 7. The lowest BCUT2D eigenvalue weighted by atomic mass is 9.84. The van der Waals surface area contributed by atoms with E-state index in [-0.39, 0.29) is 38.1 Å². The van der Waals surface area contributed by atoms with E-state index in [0.717, 1.165) is 22.3 Å². The maximum atomic E-state index is 15.2. The smallest absolute Gasteiger partial charge is 0.326 e. The van der Waals surface area contributed by atoms with Crippen LogP contribution in [-0.2, 0) is 49.5 Å². The molecule has 0 radical (unpaired) electrons. The Morgan fingerprint density at radius 1 is 0.718 bits per heavy atom. The lowest BCUT2D eigenvalue weighted by Crippen LogP contribution is -2.62. The maximum Gasteiger partial charge on any atom is 0.326 e. The summed E-state index contributed by atoms with van der Waals surface area (Å²) in [6, 6.07) is 25.9. The Balaban J connectivity index is 1.45. The zero-order chi connectivity index (χ0) is 56.9. The molecule has 20 nitrogen and oxygen atoms in total. The monoisotopic (exact) mass is 1090 g/mol. The van der Waals surface area contributed by atoms with Crippen LogP contribution in [0.3, 0.4) is 0 Å². The molecule has 0 bridgehead atoms. The van der Waals surface area contributed by atoms with Gasteiger partial charge in [0.25, 0.3) is 0 Å². The van der Waals surface area contributed by atoms with E-state index in [1.807, 2.05) is 97.9 Å².